The first-order valence-electron chi connectivity index (χ1n) is 9.71. The molecule has 0 unspecified atom stereocenters. The minimum atomic E-state index is 0.302. The lowest BCUT2D eigenvalue weighted by molar-refractivity contribution is 0.313. The molecular formula is C19H37N4O2+. The Morgan fingerprint density at radius 3 is 1.56 bits per heavy atom. The molecule has 0 saturated carbocycles. The Balaban J connectivity index is 2.29. The SMILES string of the molecule is CCCCCCCCCCCC[N+](C)(C)c1nc(OC)nc(OC)n1. The van der Waals surface area contributed by atoms with Crippen molar-refractivity contribution < 1.29 is 9.47 Å². The fourth-order valence-corrected chi connectivity index (χ4v) is 2.88. The van der Waals surface area contributed by atoms with Crippen LogP contribution in [0.15, 0.2) is 0 Å². The summed E-state index contributed by atoms with van der Waals surface area (Å²) in [7, 11) is 7.34. The molecule has 0 atom stereocenters. The van der Waals surface area contributed by atoms with Crippen molar-refractivity contribution in [3.63, 3.8) is 0 Å². The van der Waals surface area contributed by atoms with Crippen LogP contribution in [-0.4, -0.2) is 49.8 Å². The first kappa shape index (κ1) is 21.6. The highest BCUT2D eigenvalue weighted by atomic mass is 16.5. The number of aromatic nitrogens is 3. The minimum Gasteiger partial charge on any atom is -0.466 e. The maximum Gasteiger partial charge on any atom is 0.337 e. The molecule has 0 radical (unpaired) electrons. The third kappa shape index (κ3) is 8.47. The van der Waals surface area contributed by atoms with Gasteiger partial charge in [-0.15, -0.1) is 15.0 Å². The molecule has 0 aliphatic carbocycles. The van der Waals surface area contributed by atoms with Crippen molar-refractivity contribution in [2.75, 3.05) is 34.9 Å². The van der Waals surface area contributed by atoms with Gasteiger partial charge in [-0.1, -0.05) is 58.3 Å². The van der Waals surface area contributed by atoms with Gasteiger partial charge >= 0.3 is 18.0 Å². The van der Waals surface area contributed by atoms with Crippen LogP contribution in [0.3, 0.4) is 0 Å². The number of hydrogen-bond donors (Lipinski definition) is 0. The summed E-state index contributed by atoms with van der Waals surface area (Å²) in [5.41, 5.74) is 0. The molecule has 25 heavy (non-hydrogen) atoms. The zero-order chi connectivity index (χ0) is 18.5. The van der Waals surface area contributed by atoms with E-state index in [-0.39, 0.29) is 0 Å². The van der Waals surface area contributed by atoms with Gasteiger partial charge in [0.2, 0.25) is 0 Å². The van der Waals surface area contributed by atoms with Crippen molar-refractivity contribution in [2.45, 2.75) is 71.1 Å². The van der Waals surface area contributed by atoms with Crippen LogP contribution in [-0.2, 0) is 0 Å². The summed E-state index contributed by atoms with van der Waals surface area (Å²) in [5.74, 6) is 0.680. The number of nitrogens with zero attached hydrogens (tertiary/aromatic N) is 4. The summed E-state index contributed by atoms with van der Waals surface area (Å²) >= 11 is 0. The standard InChI is InChI=1S/C19H37N4O2/c1-6-7-8-9-10-11-12-13-14-15-16-23(2,3)17-20-18(24-4)22-19(21-17)25-5/h6-16H2,1-5H3/q+1. The maximum absolute atomic E-state index is 5.15. The molecule has 1 aromatic rings. The molecule has 1 aromatic heterocycles. The monoisotopic (exact) mass is 353 g/mol. The Morgan fingerprint density at radius 1 is 0.680 bits per heavy atom. The van der Waals surface area contributed by atoms with E-state index in [4.69, 9.17) is 9.47 Å². The van der Waals surface area contributed by atoms with E-state index >= 15 is 0 Å². The van der Waals surface area contributed by atoms with E-state index in [0.29, 0.717) is 22.5 Å². The summed E-state index contributed by atoms with van der Waals surface area (Å²) in [6.07, 6.45) is 13.4. The molecule has 1 heterocycles. The fourth-order valence-electron chi connectivity index (χ4n) is 2.88. The van der Waals surface area contributed by atoms with Crippen LogP contribution in [0.5, 0.6) is 12.0 Å². The molecule has 0 bridgehead atoms. The van der Waals surface area contributed by atoms with Crippen LogP contribution >= 0.6 is 0 Å². The fraction of sp³-hybridized carbons (Fsp3) is 0.842. The van der Waals surface area contributed by atoms with E-state index in [1.54, 1.807) is 14.2 Å². The third-order valence-corrected chi connectivity index (χ3v) is 4.56. The predicted molar refractivity (Wildman–Crippen MR) is 103 cm³/mol. The van der Waals surface area contributed by atoms with Gasteiger partial charge in [-0.3, -0.25) is 4.48 Å². The second kappa shape index (κ2) is 12.0. The summed E-state index contributed by atoms with van der Waals surface area (Å²) in [6.45, 7) is 3.26. The summed E-state index contributed by atoms with van der Waals surface area (Å²) in [6, 6.07) is 0.604. The van der Waals surface area contributed by atoms with Crippen molar-refractivity contribution in [1.29, 1.82) is 0 Å². The number of methoxy groups -OCH3 is 2. The quantitative estimate of drug-likeness (QED) is 0.367. The van der Waals surface area contributed by atoms with Gasteiger partial charge in [-0.25, -0.2) is 0 Å². The van der Waals surface area contributed by atoms with Gasteiger partial charge in [0.1, 0.15) is 0 Å². The van der Waals surface area contributed by atoms with Gasteiger partial charge in [0.15, 0.2) is 0 Å². The molecule has 0 saturated heterocycles. The Kier molecular flexibility index (Phi) is 10.4. The molecule has 144 valence electrons. The zero-order valence-electron chi connectivity index (χ0n) is 16.9. The lowest BCUT2D eigenvalue weighted by Gasteiger charge is -2.26. The number of rotatable bonds is 14. The average Bonchev–Trinajstić information content (AvgIpc) is 2.62. The largest absolute Gasteiger partial charge is 0.466 e. The Labute approximate surface area is 153 Å². The lowest BCUT2D eigenvalue weighted by atomic mass is 10.1. The van der Waals surface area contributed by atoms with Gasteiger partial charge in [-0.05, 0) is 12.8 Å². The van der Waals surface area contributed by atoms with E-state index in [2.05, 4.69) is 36.0 Å². The summed E-state index contributed by atoms with van der Waals surface area (Å²) < 4.78 is 10.9. The topological polar surface area (TPSA) is 57.1 Å². The molecular weight excluding hydrogens is 316 g/mol. The van der Waals surface area contributed by atoms with Crippen LogP contribution < -0.4 is 14.0 Å². The highest BCUT2D eigenvalue weighted by Crippen LogP contribution is 2.20. The lowest BCUT2D eigenvalue weighted by Crippen LogP contribution is -2.43. The second-order valence-electron chi connectivity index (χ2n) is 7.20. The molecule has 0 N–H and O–H groups in total. The van der Waals surface area contributed by atoms with Crippen molar-refractivity contribution >= 4 is 5.95 Å². The summed E-state index contributed by atoms with van der Waals surface area (Å²) in [4.78, 5) is 12.8. The smallest absolute Gasteiger partial charge is 0.337 e. The molecule has 0 aliphatic rings. The van der Waals surface area contributed by atoms with Gasteiger partial charge in [0, 0.05) is 0 Å². The van der Waals surface area contributed by atoms with E-state index in [9.17, 15) is 0 Å². The molecule has 0 aromatic carbocycles. The zero-order valence-corrected chi connectivity index (χ0v) is 16.9. The molecule has 0 aliphatic heterocycles. The maximum atomic E-state index is 5.15. The second-order valence-corrected chi connectivity index (χ2v) is 7.20. The predicted octanol–water partition coefficient (Wildman–Crippen LogP) is 4.38. The highest BCUT2D eigenvalue weighted by Gasteiger charge is 2.25. The number of unbranched alkanes of at least 4 members (excludes halogenated alkanes) is 9. The molecule has 6 nitrogen and oxygen atoms in total. The van der Waals surface area contributed by atoms with Crippen molar-refractivity contribution in [3.05, 3.63) is 0 Å². The van der Waals surface area contributed by atoms with Gasteiger partial charge < -0.3 is 9.47 Å². The Bertz CT molecular complexity index is 458. The third-order valence-electron chi connectivity index (χ3n) is 4.56. The van der Waals surface area contributed by atoms with E-state index in [1.807, 2.05) is 0 Å². The molecule has 0 spiro atoms. The molecule has 0 amide bonds. The van der Waals surface area contributed by atoms with Crippen LogP contribution in [0.25, 0.3) is 0 Å². The van der Waals surface area contributed by atoms with Gasteiger partial charge in [0.05, 0.1) is 34.9 Å². The normalized spacial score (nSPS) is 11.6. The van der Waals surface area contributed by atoms with Crippen LogP contribution in [0, 0.1) is 0 Å². The first-order valence-corrected chi connectivity index (χ1v) is 9.71. The number of hydrogen-bond acceptors (Lipinski definition) is 5. The molecule has 6 heteroatoms. The van der Waals surface area contributed by atoms with Crippen molar-refractivity contribution in [3.8, 4) is 12.0 Å². The minimum absolute atomic E-state index is 0.302. The first-order chi connectivity index (χ1) is 12.0. The number of quaternary nitrogens is 1. The average molecular weight is 354 g/mol. The number of ether oxygens (including phenoxy) is 2. The van der Waals surface area contributed by atoms with Crippen LogP contribution in [0.1, 0.15) is 71.1 Å². The van der Waals surface area contributed by atoms with Crippen LogP contribution in [0.2, 0.25) is 0 Å². The molecule has 1 rings (SSSR count). The molecule has 0 fully saturated rings. The Morgan fingerprint density at radius 2 is 1.12 bits per heavy atom. The highest BCUT2D eigenvalue weighted by molar-refractivity contribution is 5.26. The Hall–Kier alpha value is -1.43. The van der Waals surface area contributed by atoms with Crippen molar-refractivity contribution in [1.82, 2.24) is 19.4 Å². The summed E-state index contributed by atoms with van der Waals surface area (Å²) in [5, 5.41) is 0. The van der Waals surface area contributed by atoms with E-state index in [0.717, 1.165) is 6.54 Å². The van der Waals surface area contributed by atoms with Gasteiger partial charge in [-0.2, -0.15) is 0 Å². The van der Waals surface area contributed by atoms with Gasteiger partial charge in [0.25, 0.3) is 0 Å². The van der Waals surface area contributed by atoms with Crippen LogP contribution in [0.4, 0.5) is 5.95 Å². The van der Waals surface area contributed by atoms with Crippen molar-refractivity contribution in [2.24, 2.45) is 0 Å². The van der Waals surface area contributed by atoms with E-state index in [1.165, 1.54) is 64.2 Å². The van der Waals surface area contributed by atoms with E-state index < -0.39 is 0 Å².